The molecule has 0 aliphatic carbocycles. The maximum Gasteiger partial charge on any atom is 0.410 e. The predicted molar refractivity (Wildman–Crippen MR) is 98.1 cm³/mol. The first-order chi connectivity index (χ1) is 11.7. The molecule has 25 heavy (non-hydrogen) atoms. The second kappa shape index (κ2) is 7.59. The van der Waals surface area contributed by atoms with Crippen LogP contribution in [0.4, 0.5) is 10.5 Å². The lowest BCUT2D eigenvalue weighted by molar-refractivity contribution is 0.0240. The van der Waals surface area contributed by atoms with E-state index in [2.05, 4.69) is 4.90 Å². The van der Waals surface area contributed by atoms with Crippen molar-refractivity contribution in [1.82, 2.24) is 4.90 Å². The normalized spacial score (nSPS) is 15.5. The SMILES string of the molecule is C/C=C\c1cc(C(=O)O)ccc1N1CCN(C(=O)OC(C)(C)C)CC1. The molecule has 1 heterocycles. The molecule has 0 bridgehead atoms. The van der Waals surface area contributed by atoms with Gasteiger partial charge in [0, 0.05) is 31.9 Å². The Morgan fingerprint density at radius 1 is 1.16 bits per heavy atom. The summed E-state index contributed by atoms with van der Waals surface area (Å²) in [7, 11) is 0. The fraction of sp³-hybridized carbons (Fsp3) is 0.474. The standard InChI is InChI=1S/C19H26N2O4/c1-5-6-14-13-15(17(22)23)7-8-16(14)20-9-11-21(12-10-20)18(24)25-19(2,3)4/h5-8,13H,9-12H2,1-4H3,(H,22,23)/b6-5-. The summed E-state index contributed by atoms with van der Waals surface area (Å²) in [6.07, 6.45) is 3.51. The molecule has 0 aromatic heterocycles. The number of benzene rings is 1. The van der Waals surface area contributed by atoms with Crippen LogP contribution < -0.4 is 4.90 Å². The number of anilines is 1. The summed E-state index contributed by atoms with van der Waals surface area (Å²) < 4.78 is 5.41. The van der Waals surface area contributed by atoms with E-state index in [1.807, 2.05) is 45.9 Å². The van der Waals surface area contributed by atoms with Crippen molar-refractivity contribution >= 4 is 23.8 Å². The van der Waals surface area contributed by atoms with Crippen LogP contribution in [0.1, 0.15) is 43.6 Å². The van der Waals surface area contributed by atoms with E-state index in [1.54, 1.807) is 17.0 Å². The van der Waals surface area contributed by atoms with Gasteiger partial charge in [0.25, 0.3) is 0 Å². The van der Waals surface area contributed by atoms with Crippen LogP contribution in [0.3, 0.4) is 0 Å². The van der Waals surface area contributed by atoms with Gasteiger partial charge in [0.05, 0.1) is 5.56 Å². The Hall–Kier alpha value is -2.50. The number of piperazine rings is 1. The molecule has 0 atom stereocenters. The van der Waals surface area contributed by atoms with Gasteiger partial charge in [-0.2, -0.15) is 0 Å². The Morgan fingerprint density at radius 2 is 1.80 bits per heavy atom. The zero-order valence-corrected chi connectivity index (χ0v) is 15.3. The average Bonchev–Trinajstić information content (AvgIpc) is 2.53. The quantitative estimate of drug-likeness (QED) is 0.907. The summed E-state index contributed by atoms with van der Waals surface area (Å²) in [5.74, 6) is -0.938. The van der Waals surface area contributed by atoms with Crippen molar-refractivity contribution in [2.75, 3.05) is 31.1 Å². The molecule has 0 radical (unpaired) electrons. The van der Waals surface area contributed by atoms with Crippen molar-refractivity contribution in [3.05, 3.63) is 35.4 Å². The smallest absolute Gasteiger partial charge is 0.410 e. The first-order valence-electron chi connectivity index (χ1n) is 8.44. The monoisotopic (exact) mass is 346 g/mol. The second-order valence-electron chi connectivity index (χ2n) is 7.03. The van der Waals surface area contributed by atoms with E-state index in [4.69, 9.17) is 4.74 Å². The maximum absolute atomic E-state index is 12.2. The minimum absolute atomic E-state index is 0.268. The van der Waals surface area contributed by atoms with Crippen LogP contribution in [0.15, 0.2) is 24.3 Å². The van der Waals surface area contributed by atoms with Crippen LogP contribution >= 0.6 is 0 Å². The van der Waals surface area contributed by atoms with Crippen LogP contribution in [0.2, 0.25) is 0 Å². The number of hydrogen-bond acceptors (Lipinski definition) is 4. The molecule has 6 nitrogen and oxygen atoms in total. The lowest BCUT2D eigenvalue weighted by Gasteiger charge is -2.37. The van der Waals surface area contributed by atoms with Crippen LogP contribution in [-0.4, -0.2) is 53.8 Å². The van der Waals surface area contributed by atoms with Crippen LogP contribution in [-0.2, 0) is 4.74 Å². The number of carboxylic acid groups (broad SMARTS) is 1. The summed E-state index contributed by atoms with van der Waals surface area (Å²) in [4.78, 5) is 27.2. The van der Waals surface area contributed by atoms with Gasteiger partial charge in [-0.25, -0.2) is 9.59 Å². The highest BCUT2D eigenvalue weighted by molar-refractivity contribution is 5.90. The highest BCUT2D eigenvalue weighted by Gasteiger charge is 2.26. The van der Waals surface area contributed by atoms with Crippen LogP contribution in [0.25, 0.3) is 6.08 Å². The molecule has 136 valence electrons. The van der Waals surface area contributed by atoms with E-state index in [1.165, 1.54) is 0 Å². The zero-order chi connectivity index (χ0) is 18.6. The van der Waals surface area contributed by atoms with Gasteiger partial charge in [-0.1, -0.05) is 12.2 Å². The van der Waals surface area contributed by atoms with E-state index in [9.17, 15) is 14.7 Å². The number of allylic oxidation sites excluding steroid dienone is 1. The van der Waals surface area contributed by atoms with Crippen molar-refractivity contribution in [2.24, 2.45) is 0 Å². The Bertz CT molecular complexity index is 668. The van der Waals surface area contributed by atoms with Gasteiger partial charge in [0.1, 0.15) is 5.60 Å². The van der Waals surface area contributed by atoms with Crippen LogP contribution in [0, 0.1) is 0 Å². The molecule has 0 unspecified atom stereocenters. The number of carboxylic acids is 1. The zero-order valence-electron chi connectivity index (χ0n) is 15.3. The summed E-state index contributed by atoms with van der Waals surface area (Å²) >= 11 is 0. The number of ether oxygens (including phenoxy) is 1. The minimum Gasteiger partial charge on any atom is -0.478 e. The highest BCUT2D eigenvalue weighted by atomic mass is 16.6. The molecular formula is C19H26N2O4. The third kappa shape index (κ3) is 4.98. The number of aromatic carboxylic acids is 1. The van der Waals surface area contributed by atoms with E-state index < -0.39 is 11.6 Å². The Kier molecular flexibility index (Phi) is 5.72. The van der Waals surface area contributed by atoms with Gasteiger partial charge < -0.3 is 19.6 Å². The summed E-state index contributed by atoms with van der Waals surface area (Å²) in [5, 5.41) is 9.17. The largest absolute Gasteiger partial charge is 0.478 e. The molecule has 6 heteroatoms. The van der Waals surface area contributed by atoms with Gasteiger partial charge in [-0.05, 0) is 51.5 Å². The Balaban J connectivity index is 2.10. The maximum atomic E-state index is 12.2. The van der Waals surface area contributed by atoms with Gasteiger partial charge in [-0.15, -0.1) is 0 Å². The summed E-state index contributed by atoms with van der Waals surface area (Å²) in [6, 6.07) is 5.13. The molecule has 2 rings (SSSR count). The van der Waals surface area contributed by atoms with Crippen molar-refractivity contribution in [3.63, 3.8) is 0 Å². The van der Waals surface area contributed by atoms with Gasteiger partial charge in [0.2, 0.25) is 0 Å². The number of amides is 1. The molecule has 1 fully saturated rings. The Morgan fingerprint density at radius 3 is 2.32 bits per heavy atom. The minimum atomic E-state index is -0.938. The van der Waals surface area contributed by atoms with Crippen LogP contribution in [0.5, 0.6) is 0 Å². The van der Waals surface area contributed by atoms with Gasteiger partial charge >= 0.3 is 12.1 Å². The number of hydrogen-bond donors (Lipinski definition) is 1. The third-order valence-corrected chi connectivity index (χ3v) is 3.89. The molecule has 1 aromatic rings. The fourth-order valence-electron chi connectivity index (χ4n) is 2.74. The predicted octanol–water partition coefficient (Wildman–Crippen LogP) is 3.48. The van der Waals surface area contributed by atoms with E-state index in [0.29, 0.717) is 26.2 Å². The molecule has 0 saturated carbocycles. The number of carbonyl (C=O) groups excluding carboxylic acids is 1. The molecule has 0 spiro atoms. The molecule has 1 aliphatic rings. The molecule has 1 aromatic carbocycles. The van der Waals surface area contributed by atoms with E-state index in [0.717, 1.165) is 11.3 Å². The summed E-state index contributed by atoms with van der Waals surface area (Å²) in [6.45, 7) is 9.97. The molecule has 1 amide bonds. The molecule has 1 N–H and O–H groups in total. The highest BCUT2D eigenvalue weighted by Crippen LogP contribution is 2.25. The lowest BCUT2D eigenvalue weighted by Crippen LogP contribution is -2.50. The molecule has 1 saturated heterocycles. The molecular weight excluding hydrogens is 320 g/mol. The van der Waals surface area contributed by atoms with Crippen molar-refractivity contribution < 1.29 is 19.4 Å². The Labute approximate surface area is 148 Å². The first kappa shape index (κ1) is 18.8. The first-order valence-corrected chi connectivity index (χ1v) is 8.44. The number of nitrogens with zero attached hydrogens (tertiary/aromatic N) is 2. The molecule has 1 aliphatic heterocycles. The average molecular weight is 346 g/mol. The van der Waals surface area contributed by atoms with E-state index in [-0.39, 0.29) is 11.7 Å². The third-order valence-electron chi connectivity index (χ3n) is 3.89. The number of rotatable bonds is 3. The fourth-order valence-corrected chi connectivity index (χ4v) is 2.74. The van der Waals surface area contributed by atoms with Crippen molar-refractivity contribution in [1.29, 1.82) is 0 Å². The number of carbonyl (C=O) groups is 2. The van der Waals surface area contributed by atoms with Crippen molar-refractivity contribution in [3.8, 4) is 0 Å². The van der Waals surface area contributed by atoms with Crippen molar-refractivity contribution in [2.45, 2.75) is 33.3 Å². The summed E-state index contributed by atoms with van der Waals surface area (Å²) in [5.41, 5.74) is 1.62. The second-order valence-corrected chi connectivity index (χ2v) is 7.03. The van der Waals surface area contributed by atoms with E-state index >= 15 is 0 Å². The lowest BCUT2D eigenvalue weighted by atomic mass is 10.1. The van der Waals surface area contributed by atoms with Gasteiger partial charge in [0.15, 0.2) is 0 Å². The van der Waals surface area contributed by atoms with Gasteiger partial charge in [-0.3, -0.25) is 0 Å². The topological polar surface area (TPSA) is 70.1 Å².